The number of fused-ring (bicyclic) bond motifs is 2. The minimum absolute atomic E-state index is 0.195. The summed E-state index contributed by atoms with van der Waals surface area (Å²) in [6, 6.07) is 19.0. The maximum atomic E-state index is 12.6. The average Bonchev–Trinajstić information content (AvgIpc) is 3.12. The summed E-state index contributed by atoms with van der Waals surface area (Å²) in [5.74, 6) is -1.03. The highest BCUT2D eigenvalue weighted by Gasteiger charge is 2.23. The first-order valence-electron chi connectivity index (χ1n) is 9.08. The van der Waals surface area contributed by atoms with Crippen LogP contribution in [0.15, 0.2) is 72.0 Å². The van der Waals surface area contributed by atoms with Gasteiger partial charge in [0.15, 0.2) is 17.0 Å². The number of benzene rings is 2. The van der Waals surface area contributed by atoms with E-state index in [2.05, 4.69) is 10.3 Å². The van der Waals surface area contributed by atoms with Gasteiger partial charge in [-0.2, -0.15) is 0 Å². The largest absolute Gasteiger partial charge is 0.448 e. The van der Waals surface area contributed by atoms with Crippen LogP contribution >= 0.6 is 11.8 Å². The molecule has 0 aliphatic rings. The topological polar surface area (TPSA) is 72.7 Å². The third-order valence-corrected chi connectivity index (χ3v) is 5.22. The Bertz CT molecular complexity index is 1220. The summed E-state index contributed by atoms with van der Waals surface area (Å²) < 4.78 is 7.21. The molecule has 6 nitrogen and oxygen atoms in total. The first-order chi connectivity index (χ1) is 14.1. The first kappa shape index (κ1) is 19.0. The van der Waals surface area contributed by atoms with Crippen LogP contribution in [0.1, 0.15) is 17.4 Å². The van der Waals surface area contributed by atoms with Crippen LogP contribution in [-0.4, -0.2) is 33.6 Å². The van der Waals surface area contributed by atoms with Gasteiger partial charge in [0.25, 0.3) is 5.91 Å². The molecule has 0 saturated heterocycles. The number of imidazole rings is 1. The van der Waals surface area contributed by atoms with Crippen molar-refractivity contribution in [3.05, 3.63) is 72.6 Å². The van der Waals surface area contributed by atoms with E-state index in [1.165, 1.54) is 11.8 Å². The second-order valence-electron chi connectivity index (χ2n) is 6.50. The van der Waals surface area contributed by atoms with E-state index in [1.54, 1.807) is 13.0 Å². The molecule has 4 aromatic rings. The monoisotopic (exact) mass is 405 g/mol. The molecule has 2 heterocycles. The smallest absolute Gasteiger partial charge is 0.360 e. The number of rotatable bonds is 5. The number of anilines is 1. The SMILES string of the molecule is CSc1nc(C(=O)OC(C)C(=O)Nc2ccc3ccccc3c2)c2ccccn12. The molecular formula is C22H19N3O3S. The maximum Gasteiger partial charge on any atom is 0.360 e. The minimum Gasteiger partial charge on any atom is -0.448 e. The van der Waals surface area contributed by atoms with Crippen LogP contribution in [0.4, 0.5) is 5.69 Å². The summed E-state index contributed by atoms with van der Waals surface area (Å²) >= 11 is 1.43. The molecule has 7 heteroatoms. The summed E-state index contributed by atoms with van der Waals surface area (Å²) in [5, 5.41) is 5.58. The number of ether oxygens (including phenoxy) is 1. The fraction of sp³-hybridized carbons (Fsp3) is 0.136. The zero-order valence-electron chi connectivity index (χ0n) is 16.0. The van der Waals surface area contributed by atoms with E-state index < -0.39 is 18.0 Å². The van der Waals surface area contributed by atoms with Crippen molar-refractivity contribution in [2.75, 3.05) is 11.6 Å². The van der Waals surface area contributed by atoms with Crippen molar-refractivity contribution in [2.45, 2.75) is 18.2 Å². The Balaban J connectivity index is 1.49. The molecule has 0 aliphatic heterocycles. The van der Waals surface area contributed by atoms with Gasteiger partial charge in [-0.1, -0.05) is 48.2 Å². The average molecular weight is 405 g/mol. The molecule has 1 amide bonds. The van der Waals surface area contributed by atoms with Crippen molar-refractivity contribution in [3.8, 4) is 0 Å². The summed E-state index contributed by atoms with van der Waals surface area (Å²) in [6.45, 7) is 1.54. The summed E-state index contributed by atoms with van der Waals surface area (Å²) in [5.41, 5.74) is 1.48. The van der Waals surface area contributed by atoms with Crippen LogP contribution in [0, 0.1) is 0 Å². The normalized spacial score (nSPS) is 12.1. The van der Waals surface area contributed by atoms with Crippen molar-refractivity contribution in [1.29, 1.82) is 0 Å². The predicted molar refractivity (Wildman–Crippen MR) is 114 cm³/mol. The van der Waals surface area contributed by atoms with E-state index in [1.807, 2.05) is 71.5 Å². The molecule has 0 saturated carbocycles. The Morgan fingerprint density at radius 3 is 2.62 bits per heavy atom. The van der Waals surface area contributed by atoms with Gasteiger partial charge in [0, 0.05) is 11.9 Å². The Morgan fingerprint density at radius 1 is 1.07 bits per heavy atom. The molecule has 0 fully saturated rings. The highest BCUT2D eigenvalue weighted by molar-refractivity contribution is 7.98. The number of hydrogen-bond acceptors (Lipinski definition) is 5. The molecule has 0 radical (unpaired) electrons. The van der Waals surface area contributed by atoms with Crippen LogP contribution in [0.25, 0.3) is 16.3 Å². The molecule has 29 heavy (non-hydrogen) atoms. The van der Waals surface area contributed by atoms with Gasteiger partial charge in [-0.25, -0.2) is 9.78 Å². The quantitative estimate of drug-likeness (QED) is 0.394. The molecular weight excluding hydrogens is 386 g/mol. The number of hydrogen-bond donors (Lipinski definition) is 1. The molecule has 1 N–H and O–H groups in total. The maximum absolute atomic E-state index is 12.6. The number of pyridine rings is 1. The first-order valence-corrected chi connectivity index (χ1v) is 10.3. The van der Waals surface area contributed by atoms with Crippen LogP contribution in [0.3, 0.4) is 0 Å². The molecule has 0 spiro atoms. The molecule has 4 rings (SSSR count). The van der Waals surface area contributed by atoms with Gasteiger partial charge < -0.3 is 10.1 Å². The number of thioether (sulfide) groups is 1. The Hall–Kier alpha value is -3.32. The lowest BCUT2D eigenvalue weighted by molar-refractivity contribution is -0.123. The summed E-state index contributed by atoms with van der Waals surface area (Å²) in [6.07, 6.45) is 2.75. The molecule has 0 aliphatic carbocycles. The molecule has 146 valence electrons. The highest BCUT2D eigenvalue weighted by Crippen LogP contribution is 2.22. The van der Waals surface area contributed by atoms with Crippen molar-refractivity contribution < 1.29 is 14.3 Å². The molecule has 2 aromatic heterocycles. The summed E-state index contributed by atoms with van der Waals surface area (Å²) in [4.78, 5) is 29.5. The fourth-order valence-electron chi connectivity index (χ4n) is 3.08. The highest BCUT2D eigenvalue weighted by atomic mass is 32.2. The van der Waals surface area contributed by atoms with Gasteiger partial charge in [-0.05, 0) is 48.2 Å². The van der Waals surface area contributed by atoms with Crippen LogP contribution in [0.2, 0.25) is 0 Å². The van der Waals surface area contributed by atoms with Gasteiger partial charge in [-0.15, -0.1) is 0 Å². The molecule has 2 aromatic carbocycles. The van der Waals surface area contributed by atoms with E-state index in [-0.39, 0.29) is 5.69 Å². The van der Waals surface area contributed by atoms with E-state index in [9.17, 15) is 9.59 Å². The third-order valence-electron chi connectivity index (χ3n) is 4.56. The lowest BCUT2D eigenvalue weighted by Crippen LogP contribution is -2.30. The van der Waals surface area contributed by atoms with Crippen molar-refractivity contribution in [1.82, 2.24) is 9.38 Å². The number of nitrogens with zero attached hydrogens (tertiary/aromatic N) is 2. The lowest BCUT2D eigenvalue weighted by Gasteiger charge is -2.13. The van der Waals surface area contributed by atoms with Crippen LogP contribution in [0.5, 0.6) is 0 Å². The van der Waals surface area contributed by atoms with E-state index in [0.717, 1.165) is 10.8 Å². The number of carbonyl (C=O) groups excluding carboxylic acids is 2. The second kappa shape index (κ2) is 7.97. The molecule has 1 atom stereocenters. The van der Waals surface area contributed by atoms with Crippen LogP contribution in [-0.2, 0) is 9.53 Å². The third kappa shape index (κ3) is 3.82. The van der Waals surface area contributed by atoms with Gasteiger partial charge in [0.1, 0.15) is 0 Å². The van der Waals surface area contributed by atoms with Crippen molar-refractivity contribution >= 4 is 45.6 Å². The standard InChI is InChI=1S/C22H19N3O3S/c1-14(20(26)23-17-11-10-15-7-3-4-8-16(15)13-17)28-21(27)19-18-9-5-6-12-25(18)22(24-19)29-2/h3-14H,1-2H3,(H,23,26). The van der Waals surface area contributed by atoms with E-state index in [0.29, 0.717) is 16.4 Å². The Labute approximate surface area is 171 Å². The van der Waals surface area contributed by atoms with Gasteiger partial charge >= 0.3 is 5.97 Å². The minimum atomic E-state index is -0.966. The predicted octanol–water partition coefficient (Wildman–Crippen LogP) is 4.39. The lowest BCUT2D eigenvalue weighted by atomic mass is 10.1. The number of nitrogens with one attached hydrogen (secondary N) is 1. The van der Waals surface area contributed by atoms with E-state index in [4.69, 9.17) is 4.74 Å². The number of aromatic nitrogens is 2. The Morgan fingerprint density at radius 2 is 1.83 bits per heavy atom. The number of amides is 1. The second-order valence-corrected chi connectivity index (χ2v) is 7.28. The van der Waals surface area contributed by atoms with Crippen molar-refractivity contribution in [3.63, 3.8) is 0 Å². The number of esters is 1. The summed E-state index contributed by atoms with van der Waals surface area (Å²) in [7, 11) is 0. The molecule has 0 bridgehead atoms. The zero-order chi connectivity index (χ0) is 20.4. The van der Waals surface area contributed by atoms with Crippen LogP contribution < -0.4 is 5.32 Å². The fourth-order valence-corrected chi connectivity index (χ4v) is 3.62. The Kier molecular flexibility index (Phi) is 5.22. The van der Waals surface area contributed by atoms with Gasteiger partial charge in [0.2, 0.25) is 0 Å². The van der Waals surface area contributed by atoms with Gasteiger partial charge in [-0.3, -0.25) is 9.20 Å². The van der Waals surface area contributed by atoms with Gasteiger partial charge in [0.05, 0.1) is 5.52 Å². The van der Waals surface area contributed by atoms with E-state index >= 15 is 0 Å². The zero-order valence-corrected chi connectivity index (χ0v) is 16.8. The number of carbonyl (C=O) groups is 2. The molecule has 1 unspecified atom stereocenters. The van der Waals surface area contributed by atoms with Crippen molar-refractivity contribution in [2.24, 2.45) is 0 Å².